The van der Waals surface area contributed by atoms with Gasteiger partial charge in [-0.05, 0) is 11.8 Å². The summed E-state index contributed by atoms with van der Waals surface area (Å²) >= 11 is 1.98. The summed E-state index contributed by atoms with van der Waals surface area (Å²) in [6.07, 6.45) is 3.80. The molecule has 0 spiro atoms. The van der Waals surface area contributed by atoms with Gasteiger partial charge in [0.05, 0.1) is 0 Å². The van der Waals surface area contributed by atoms with Crippen LogP contribution in [0.25, 0.3) is 0 Å². The van der Waals surface area contributed by atoms with Gasteiger partial charge in [0.25, 0.3) is 0 Å². The molecule has 0 aromatic rings. The van der Waals surface area contributed by atoms with Crippen LogP contribution >= 0.6 is 11.8 Å². The van der Waals surface area contributed by atoms with Crippen LogP contribution in [0.1, 0.15) is 33.6 Å². The first kappa shape index (κ1) is 10.3. The number of ketones is 1. The van der Waals surface area contributed by atoms with Gasteiger partial charge < -0.3 is 0 Å². The molecule has 0 aromatic heterocycles. The molecule has 0 bridgehead atoms. The third-order valence-corrected chi connectivity index (χ3v) is 5.50. The van der Waals surface area contributed by atoms with Gasteiger partial charge in [0.15, 0.2) is 0 Å². The monoisotopic (exact) mass is 210 g/mol. The molecule has 2 heteroatoms. The fraction of sp³-hybridized carbons (Fsp3) is 0.750. The van der Waals surface area contributed by atoms with Crippen molar-refractivity contribution in [1.29, 1.82) is 0 Å². The first-order valence-corrected chi connectivity index (χ1v) is 6.10. The largest absolute Gasteiger partial charge is 0.299 e. The fourth-order valence-electron chi connectivity index (χ4n) is 2.63. The summed E-state index contributed by atoms with van der Waals surface area (Å²) < 4.78 is 0.128. The Kier molecular flexibility index (Phi) is 2.11. The Morgan fingerprint density at radius 3 is 2.71 bits per heavy atom. The highest BCUT2D eigenvalue weighted by Crippen LogP contribution is 2.60. The zero-order chi connectivity index (χ0) is 10.6. The lowest BCUT2D eigenvalue weighted by atomic mass is 9.60. The second-order valence-electron chi connectivity index (χ2n) is 5.46. The van der Waals surface area contributed by atoms with Crippen molar-refractivity contribution in [3.05, 3.63) is 12.7 Å². The standard InChI is InChI=1S/C12H18OS/c1-5-12(4)6-8-9(13)7-11(2,3)14-10(8)12/h5,8,10H,1,6-7H2,2-4H3/t8-,10+,12-/m0/s1. The summed E-state index contributed by atoms with van der Waals surface area (Å²) in [4.78, 5) is 11.8. The lowest BCUT2D eigenvalue weighted by Crippen LogP contribution is -2.56. The molecule has 1 aliphatic carbocycles. The topological polar surface area (TPSA) is 17.1 Å². The molecule has 1 saturated heterocycles. The number of carbonyl (C=O) groups excluding carboxylic acids is 1. The van der Waals surface area contributed by atoms with E-state index in [0.29, 0.717) is 17.0 Å². The minimum absolute atomic E-state index is 0.128. The third kappa shape index (κ3) is 1.35. The first-order chi connectivity index (χ1) is 6.38. The molecule has 1 nitrogen and oxygen atoms in total. The average molecular weight is 210 g/mol. The number of hydrogen-bond acceptors (Lipinski definition) is 2. The second kappa shape index (κ2) is 2.88. The molecule has 1 aliphatic heterocycles. The normalized spacial score (nSPS) is 45.2. The van der Waals surface area contributed by atoms with Crippen LogP contribution < -0.4 is 0 Å². The van der Waals surface area contributed by atoms with E-state index in [9.17, 15) is 4.79 Å². The minimum atomic E-state index is 0.128. The van der Waals surface area contributed by atoms with Gasteiger partial charge in [0.2, 0.25) is 0 Å². The molecule has 0 amide bonds. The number of rotatable bonds is 1. The van der Waals surface area contributed by atoms with Crippen LogP contribution in [0, 0.1) is 11.3 Å². The van der Waals surface area contributed by atoms with Crippen molar-refractivity contribution in [3.8, 4) is 0 Å². The van der Waals surface area contributed by atoms with E-state index < -0.39 is 0 Å². The minimum Gasteiger partial charge on any atom is -0.299 e. The molecule has 1 heterocycles. The summed E-state index contributed by atoms with van der Waals surface area (Å²) in [5, 5.41) is 0.483. The van der Waals surface area contributed by atoms with E-state index in [-0.39, 0.29) is 10.2 Å². The Bertz CT molecular complexity index is 295. The van der Waals surface area contributed by atoms with Gasteiger partial charge in [-0.2, -0.15) is 11.8 Å². The summed E-state index contributed by atoms with van der Waals surface area (Å²) in [5.41, 5.74) is 0.197. The van der Waals surface area contributed by atoms with Gasteiger partial charge in [0, 0.05) is 22.3 Å². The molecule has 2 rings (SSSR count). The van der Waals surface area contributed by atoms with E-state index in [1.807, 2.05) is 17.8 Å². The molecule has 2 aliphatic rings. The smallest absolute Gasteiger partial charge is 0.138 e. The van der Waals surface area contributed by atoms with Gasteiger partial charge in [0.1, 0.15) is 5.78 Å². The molecule has 0 unspecified atom stereocenters. The Morgan fingerprint density at radius 2 is 2.14 bits per heavy atom. The summed E-state index contributed by atoms with van der Waals surface area (Å²) in [6, 6.07) is 0. The van der Waals surface area contributed by atoms with Crippen molar-refractivity contribution in [2.45, 2.75) is 43.6 Å². The molecule has 0 radical (unpaired) electrons. The van der Waals surface area contributed by atoms with Crippen LogP contribution in [-0.2, 0) is 4.79 Å². The van der Waals surface area contributed by atoms with E-state index in [2.05, 4.69) is 27.4 Å². The highest BCUT2D eigenvalue weighted by atomic mass is 32.2. The zero-order valence-electron chi connectivity index (χ0n) is 9.17. The van der Waals surface area contributed by atoms with Crippen LogP contribution in [0.15, 0.2) is 12.7 Å². The fourth-order valence-corrected chi connectivity index (χ4v) is 4.42. The van der Waals surface area contributed by atoms with Crippen LogP contribution in [0.4, 0.5) is 0 Å². The molecule has 1 saturated carbocycles. The number of fused-ring (bicyclic) bond motifs is 1. The highest BCUT2D eigenvalue weighted by Gasteiger charge is 2.56. The number of thioether (sulfide) groups is 1. The predicted octanol–water partition coefficient (Wildman–Crippen LogP) is 3.05. The van der Waals surface area contributed by atoms with E-state index in [4.69, 9.17) is 0 Å². The number of allylic oxidation sites excluding steroid dienone is 1. The molecular formula is C12H18OS. The second-order valence-corrected chi connectivity index (χ2v) is 7.31. The van der Waals surface area contributed by atoms with Crippen molar-refractivity contribution in [1.82, 2.24) is 0 Å². The molecule has 0 aromatic carbocycles. The highest BCUT2D eigenvalue weighted by molar-refractivity contribution is 8.01. The van der Waals surface area contributed by atoms with E-state index in [1.54, 1.807) is 0 Å². The SMILES string of the molecule is C=C[C@@]1(C)C[C@H]2C(=O)CC(C)(C)S[C@H]21. The maximum Gasteiger partial charge on any atom is 0.138 e. The maximum absolute atomic E-state index is 11.8. The molecule has 78 valence electrons. The zero-order valence-corrected chi connectivity index (χ0v) is 9.99. The van der Waals surface area contributed by atoms with Gasteiger partial charge in [-0.3, -0.25) is 4.79 Å². The maximum atomic E-state index is 11.8. The van der Waals surface area contributed by atoms with Crippen molar-refractivity contribution in [3.63, 3.8) is 0 Å². The van der Waals surface area contributed by atoms with Crippen LogP contribution in [0.5, 0.6) is 0 Å². The quantitative estimate of drug-likeness (QED) is 0.619. The van der Waals surface area contributed by atoms with E-state index >= 15 is 0 Å². The van der Waals surface area contributed by atoms with Gasteiger partial charge in [-0.15, -0.1) is 6.58 Å². The van der Waals surface area contributed by atoms with Gasteiger partial charge in [-0.25, -0.2) is 0 Å². The Balaban J connectivity index is 2.21. The predicted molar refractivity (Wildman–Crippen MR) is 61.5 cm³/mol. The molecular weight excluding hydrogens is 192 g/mol. The van der Waals surface area contributed by atoms with E-state index in [0.717, 1.165) is 12.8 Å². The first-order valence-electron chi connectivity index (χ1n) is 5.22. The lowest BCUT2D eigenvalue weighted by molar-refractivity contribution is -0.129. The molecule has 3 atom stereocenters. The van der Waals surface area contributed by atoms with Gasteiger partial charge >= 0.3 is 0 Å². The lowest BCUT2D eigenvalue weighted by Gasteiger charge is -2.56. The average Bonchev–Trinajstić information content (AvgIpc) is 2.07. The van der Waals surface area contributed by atoms with Crippen molar-refractivity contribution in [2.75, 3.05) is 0 Å². The van der Waals surface area contributed by atoms with Gasteiger partial charge in [-0.1, -0.05) is 26.8 Å². The Labute approximate surface area is 90.3 Å². The molecule has 14 heavy (non-hydrogen) atoms. The van der Waals surface area contributed by atoms with Crippen molar-refractivity contribution in [2.24, 2.45) is 11.3 Å². The summed E-state index contributed by atoms with van der Waals surface area (Å²) in [5.74, 6) is 0.786. The number of hydrogen-bond donors (Lipinski definition) is 0. The summed E-state index contributed by atoms with van der Waals surface area (Å²) in [7, 11) is 0. The van der Waals surface area contributed by atoms with Crippen molar-refractivity contribution < 1.29 is 4.79 Å². The van der Waals surface area contributed by atoms with Crippen LogP contribution in [-0.4, -0.2) is 15.8 Å². The third-order valence-electron chi connectivity index (χ3n) is 3.60. The van der Waals surface area contributed by atoms with Crippen molar-refractivity contribution >= 4 is 17.5 Å². The summed E-state index contributed by atoms with van der Waals surface area (Å²) in [6.45, 7) is 10.5. The molecule has 0 N–H and O–H groups in total. The number of carbonyl (C=O) groups is 1. The molecule has 2 fully saturated rings. The van der Waals surface area contributed by atoms with Crippen LogP contribution in [0.3, 0.4) is 0 Å². The Morgan fingerprint density at radius 1 is 1.50 bits per heavy atom. The van der Waals surface area contributed by atoms with Crippen LogP contribution in [0.2, 0.25) is 0 Å². The van der Waals surface area contributed by atoms with E-state index in [1.165, 1.54) is 0 Å². The Hall–Kier alpha value is -0.240. The number of Topliss-reactive ketones (excluding diaryl/α,β-unsaturated/α-hetero) is 1.